The Morgan fingerprint density at radius 2 is 2.20 bits per heavy atom. The lowest BCUT2D eigenvalue weighted by atomic mass is 9.75. The molecule has 0 aromatic rings. The van der Waals surface area contributed by atoms with E-state index in [1.807, 2.05) is 20.8 Å². The summed E-state index contributed by atoms with van der Waals surface area (Å²) >= 11 is 0. The molecule has 0 aromatic carbocycles. The van der Waals surface area contributed by atoms with E-state index in [1.165, 1.54) is 0 Å². The van der Waals surface area contributed by atoms with E-state index in [2.05, 4.69) is 5.32 Å². The number of nitrogens with one attached hydrogen (secondary N) is 1. The molecule has 1 fully saturated rings. The highest BCUT2D eigenvalue weighted by Gasteiger charge is 2.38. The molecule has 90 valence electrons. The van der Waals surface area contributed by atoms with Crippen LogP contribution in [0.3, 0.4) is 0 Å². The van der Waals surface area contributed by atoms with Crippen LogP contribution in [0.5, 0.6) is 0 Å². The molecule has 4 heteroatoms. The number of piperidine rings is 1. The predicted molar refractivity (Wildman–Crippen MR) is 63.3 cm³/mol. The van der Waals surface area contributed by atoms with Crippen molar-refractivity contribution in [3.05, 3.63) is 0 Å². The second kappa shape index (κ2) is 6.33. The fraction of sp³-hybridized carbons (Fsp3) is 0.909. The molecule has 0 aliphatic carbocycles. The molecule has 1 heterocycles. The Kier molecular flexibility index (Phi) is 6.22. The van der Waals surface area contributed by atoms with Crippen molar-refractivity contribution in [2.24, 2.45) is 11.3 Å². The summed E-state index contributed by atoms with van der Waals surface area (Å²) < 4.78 is 5.09. The summed E-state index contributed by atoms with van der Waals surface area (Å²) in [7, 11) is 0. The molecule has 15 heavy (non-hydrogen) atoms. The second-order valence-electron chi connectivity index (χ2n) is 4.49. The largest absolute Gasteiger partial charge is 0.466 e. The highest BCUT2D eigenvalue weighted by Crippen LogP contribution is 2.32. The molecule has 1 atom stereocenters. The van der Waals surface area contributed by atoms with Gasteiger partial charge in [-0.25, -0.2) is 0 Å². The van der Waals surface area contributed by atoms with E-state index in [0.29, 0.717) is 12.5 Å². The van der Waals surface area contributed by atoms with Gasteiger partial charge in [-0.1, -0.05) is 0 Å². The number of halogens is 1. The van der Waals surface area contributed by atoms with Crippen molar-refractivity contribution in [1.29, 1.82) is 0 Å². The lowest BCUT2D eigenvalue weighted by molar-refractivity contribution is -0.157. The van der Waals surface area contributed by atoms with Crippen LogP contribution < -0.4 is 5.32 Å². The molecule has 0 amide bonds. The Hall–Kier alpha value is -0.280. The summed E-state index contributed by atoms with van der Waals surface area (Å²) in [5, 5.41) is 3.33. The molecule has 0 bridgehead atoms. The van der Waals surface area contributed by atoms with Gasteiger partial charge in [0.25, 0.3) is 0 Å². The van der Waals surface area contributed by atoms with Gasteiger partial charge >= 0.3 is 5.97 Å². The lowest BCUT2D eigenvalue weighted by Crippen LogP contribution is -2.43. The zero-order valence-corrected chi connectivity index (χ0v) is 10.7. The summed E-state index contributed by atoms with van der Waals surface area (Å²) in [5.41, 5.74) is -0.344. The van der Waals surface area contributed by atoms with Gasteiger partial charge in [-0.3, -0.25) is 4.79 Å². The van der Waals surface area contributed by atoms with Crippen molar-refractivity contribution in [2.45, 2.75) is 33.6 Å². The molecule has 1 unspecified atom stereocenters. The third-order valence-corrected chi connectivity index (χ3v) is 3.12. The van der Waals surface area contributed by atoms with Gasteiger partial charge in [-0.2, -0.15) is 0 Å². The molecule has 0 saturated carbocycles. The van der Waals surface area contributed by atoms with Gasteiger partial charge in [0.05, 0.1) is 12.0 Å². The fourth-order valence-electron chi connectivity index (χ4n) is 1.95. The number of hydrogen-bond donors (Lipinski definition) is 1. The highest BCUT2D eigenvalue weighted by molar-refractivity contribution is 5.85. The van der Waals surface area contributed by atoms with Gasteiger partial charge < -0.3 is 10.1 Å². The number of carbonyl (C=O) groups is 1. The third-order valence-electron chi connectivity index (χ3n) is 3.12. The molecule has 0 aromatic heterocycles. The van der Waals surface area contributed by atoms with E-state index in [4.69, 9.17) is 4.74 Å². The van der Waals surface area contributed by atoms with Gasteiger partial charge in [0.15, 0.2) is 0 Å². The van der Waals surface area contributed by atoms with Crippen LogP contribution in [-0.4, -0.2) is 25.7 Å². The van der Waals surface area contributed by atoms with E-state index in [1.54, 1.807) is 0 Å². The van der Waals surface area contributed by atoms with Gasteiger partial charge in [-0.15, -0.1) is 12.4 Å². The van der Waals surface area contributed by atoms with E-state index in [9.17, 15) is 4.79 Å². The first-order chi connectivity index (χ1) is 6.59. The van der Waals surface area contributed by atoms with Gasteiger partial charge in [0.1, 0.15) is 0 Å². The van der Waals surface area contributed by atoms with Crippen molar-refractivity contribution in [3.8, 4) is 0 Å². The number of esters is 1. The average Bonchev–Trinajstić information content (AvgIpc) is 2.19. The monoisotopic (exact) mass is 235 g/mol. The smallest absolute Gasteiger partial charge is 0.311 e. The highest BCUT2D eigenvalue weighted by atomic mass is 35.5. The minimum Gasteiger partial charge on any atom is -0.466 e. The van der Waals surface area contributed by atoms with Crippen LogP contribution in [0.15, 0.2) is 0 Å². The first-order valence-electron chi connectivity index (χ1n) is 5.47. The molecule has 1 N–H and O–H groups in total. The Morgan fingerprint density at radius 1 is 1.53 bits per heavy atom. The Labute approximate surface area is 98.4 Å². The van der Waals surface area contributed by atoms with E-state index >= 15 is 0 Å². The SMILES string of the molecule is CCOC(=O)C(C)(C)C1CCCNC1.Cl. The topological polar surface area (TPSA) is 38.3 Å². The van der Waals surface area contributed by atoms with Gasteiger partial charge in [-0.05, 0) is 52.6 Å². The molecular formula is C11H22ClNO2. The summed E-state index contributed by atoms with van der Waals surface area (Å²) in [6, 6.07) is 0. The summed E-state index contributed by atoms with van der Waals surface area (Å²) in [6.07, 6.45) is 2.28. The summed E-state index contributed by atoms with van der Waals surface area (Å²) in [4.78, 5) is 11.7. The van der Waals surface area contributed by atoms with E-state index in [0.717, 1.165) is 25.9 Å². The standard InChI is InChI=1S/C11H21NO2.ClH/c1-4-14-10(13)11(2,3)9-6-5-7-12-8-9;/h9,12H,4-8H2,1-3H3;1H. The molecule has 1 aliphatic rings. The number of rotatable bonds is 3. The molecule has 1 rings (SSSR count). The minimum absolute atomic E-state index is 0. The molecule has 1 aliphatic heterocycles. The molecule has 0 spiro atoms. The second-order valence-corrected chi connectivity index (χ2v) is 4.49. The zero-order valence-electron chi connectivity index (χ0n) is 9.84. The first kappa shape index (κ1) is 14.7. The Morgan fingerprint density at radius 3 is 2.67 bits per heavy atom. The van der Waals surface area contributed by atoms with Gasteiger partial charge in [0.2, 0.25) is 0 Å². The third kappa shape index (κ3) is 3.65. The maximum absolute atomic E-state index is 11.7. The van der Waals surface area contributed by atoms with Crippen LogP contribution >= 0.6 is 12.4 Å². The molecule has 3 nitrogen and oxygen atoms in total. The van der Waals surface area contributed by atoms with Crippen molar-refractivity contribution in [2.75, 3.05) is 19.7 Å². The Balaban J connectivity index is 0.00000196. The van der Waals surface area contributed by atoms with Crippen LogP contribution in [0.4, 0.5) is 0 Å². The van der Waals surface area contributed by atoms with Crippen LogP contribution in [-0.2, 0) is 9.53 Å². The number of ether oxygens (including phenoxy) is 1. The van der Waals surface area contributed by atoms with Crippen molar-refractivity contribution >= 4 is 18.4 Å². The van der Waals surface area contributed by atoms with Crippen LogP contribution in [0.2, 0.25) is 0 Å². The predicted octanol–water partition coefficient (Wildman–Crippen LogP) is 2.00. The fourth-order valence-corrected chi connectivity index (χ4v) is 1.95. The maximum atomic E-state index is 11.7. The Bertz CT molecular complexity index is 201. The van der Waals surface area contributed by atoms with E-state index in [-0.39, 0.29) is 23.8 Å². The maximum Gasteiger partial charge on any atom is 0.311 e. The molecule has 0 radical (unpaired) electrons. The minimum atomic E-state index is -0.344. The van der Waals surface area contributed by atoms with Crippen molar-refractivity contribution in [1.82, 2.24) is 5.32 Å². The zero-order chi connectivity index (χ0) is 10.6. The van der Waals surface area contributed by atoms with Crippen molar-refractivity contribution in [3.63, 3.8) is 0 Å². The summed E-state index contributed by atoms with van der Waals surface area (Å²) in [6.45, 7) is 8.32. The van der Waals surface area contributed by atoms with Crippen LogP contribution in [0, 0.1) is 11.3 Å². The average molecular weight is 236 g/mol. The first-order valence-corrected chi connectivity index (χ1v) is 5.47. The van der Waals surface area contributed by atoms with Crippen molar-refractivity contribution < 1.29 is 9.53 Å². The summed E-state index contributed by atoms with van der Waals surface area (Å²) in [5.74, 6) is 0.351. The lowest BCUT2D eigenvalue weighted by Gasteiger charge is -2.35. The molecule has 1 saturated heterocycles. The number of hydrogen-bond acceptors (Lipinski definition) is 3. The van der Waals surface area contributed by atoms with Crippen LogP contribution in [0.25, 0.3) is 0 Å². The van der Waals surface area contributed by atoms with Gasteiger partial charge in [0, 0.05) is 0 Å². The quantitative estimate of drug-likeness (QED) is 0.761. The van der Waals surface area contributed by atoms with E-state index < -0.39 is 0 Å². The molecular weight excluding hydrogens is 214 g/mol. The van der Waals surface area contributed by atoms with Crippen LogP contribution in [0.1, 0.15) is 33.6 Å². The number of carbonyl (C=O) groups excluding carboxylic acids is 1. The normalized spacial score (nSPS) is 21.7.